The van der Waals surface area contributed by atoms with E-state index in [2.05, 4.69) is 15.9 Å². The van der Waals surface area contributed by atoms with Crippen molar-refractivity contribution in [2.75, 3.05) is 5.33 Å². The lowest BCUT2D eigenvalue weighted by Gasteiger charge is -2.13. The van der Waals surface area contributed by atoms with E-state index in [1.165, 1.54) is 0 Å². The standard InChI is InChI=1S/C9H9BrNO2/c10-6-8-5-7-3-1-2-4-9(7)11(12)13-8/h1-4,8H,5-6H2/q+1. The molecule has 3 nitrogen and oxygen atoms in total. The Morgan fingerprint density at radius 2 is 2.31 bits per heavy atom. The zero-order valence-corrected chi connectivity index (χ0v) is 8.53. The number of hydrogen-bond acceptors (Lipinski definition) is 2. The Morgan fingerprint density at radius 1 is 1.54 bits per heavy atom. The van der Waals surface area contributed by atoms with E-state index in [-0.39, 0.29) is 6.10 Å². The molecule has 0 aliphatic carbocycles. The molecule has 1 atom stereocenters. The van der Waals surface area contributed by atoms with Crippen LogP contribution in [-0.2, 0) is 11.3 Å². The summed E-state index contributed by atoms with van der Waals surface area (Å²) in [4.78, 5) is 17.0. The first-order valence-corrected chi connectivity index (χ1v) is 5.21. The number of alkyl halides is 1. The smallest absolute Gasteiger partial charge is 0.222 e. The summed E-state index contributed by atoms with van der Waals surface area (Å²) in [6, 6.07) is 7.50. The highest BCUT2D eigenvalue weighted by Gasteiger charge is 2.32. The van der Waals surface area contributed by atoms with Gasteiger partial charge >= 0.3 is 5.69 Å². The second kappa shape index (κ2) is 3.46. The molecule has 1 aliphatic rings. The molecule has 0 spiro atoms. The molecule has 13 heavy (non-hydrogen) atoms. The van der Waals surface area contributed by atoms with Gasteiger partial charge in [0.2, 0.25) is 0 Å². The lowest BCUT2D eigenvalue weighted by molar-refractivity contribution is -0.759. The third-order valence-electron chi connectivity index (χ3n) is 2.05. The van der Waals surface area contributed by atoms with Crippen LogP contribution in [0.4, 0.5) is 5.69 Å². The highest BCUT2D eigenvalue weighted by Crippen LogP contribution is 2.26. The second-order valence-electron chi connectivity index (χ2n) is 2.97. The molecule has 1 heterocycles. The first-order chi connectivity index (χ1) is 6.31. The zero-order valence-electron chi connectivity index (χ0n) is 6.94. The van der Waals surface area contributed by atoms with Gasteiger partial charge in [0.15, 0.2) is 6.10 Å². The Morgan fingerprint density at radius 3 is 3.08 bits per heavy atom. The van der Waals surface area contributed by atoms with Crippen LogP contribution in [0.5, 0.6) is 0 Å². The van der Waals surface area contributed by atoms with E-state index < -0.39 is 0 Å². The highest BCUT2D eigenvalue weighted by molar-refractivity contribution is 9.09. The fraction of sp³-hybridized carbons (Fsp3) is 0.333. The van der Waals surface area contributed by atoms with Gasteiger partial charge in [-0.25, -0.2) is 4.84 Å². The summed E-state index contributed by atoms with van der Waals surface area (Å²) in [5.41, 5.74) is 1.67. The second-order valence-corrected chi connectivity index (χ2v) is 3.62. The molecule has 0 saturated heterocycles. The molecule has 1 unspecified atom stereocenters. The average Bonchev–Trinajstić information content (AvgIpc) is 2.18. The van der Waals surface area contributed by atoms with Crippen molar-refractivity contribution in [3.63, 3.8) is 0 Å². The van der Waals surface area contributed by atoms with Crippen LogP contribution in [0, 0.1) is 4.91 Å². The first kappa shape index (κ1) is 8.69. The molecule has 0 bridgehead atoms. The van der Waals surface area contributed by atoms with Gasteiger partial charge in [-0.15, -0.1) is 0 Å². The maximum atomic E-state index is 11.3. The number of fused-ring (bicyclic) bond motifs is 1. The maximum absolute atomic E-state index is 11.3. The normalized spacial score (nSPS) is 20.7. The molecule has 1 aromatic rings. The SMILES string of the molecule is O=[N+]1OC(CBr)Cc2ccccc21. The zero-order chi connectivity index (χ0) is 9.26. The Balaban J connectivity index is 2.37. The molecule has 4 heteroatoms. The summed E-state index contributed by atoms with van der Waals surface area (Å²) in [7, 11) is 0. The molecule has 0 saturated carbocycles. The van der Waals surface area contributed by atoms with Crippen LogP contribution in [0.1, 0.15) is 5.56 Å². The lowest BCUT2D eigenvalue weighted by Crippen LogP contribution is -2.27. The summed E-state index contributed by atoms with van der Waals surface area (Å²) >= 11 is 3.30. The molecule has 1 aromatic carbocycles. The van der Waals surface area contributed by atoms with E-state index in [9.17, 15) is 4.91 Å². The predicted octanol–water partition coefficient (Wildman–Crippen LogP) is 2.35. The summed E-state index contributed by atoms with van der Waals surface area (Å²) < 4.78 is 0. The van der Waals surface area contributed by atoms with Gasteiger partial charge in [0, 0.05) is 23.4 Å². The summed E-state index contributed by atoms with van der Waals surface area (Å²) in [6.07, 6.45) is 0.743. The Labute approximate surface area is 84.4 Å². The van der Waals surface area contributed by atoms with Crippen LogP contribution in [0.2, 0.25) is 0 Å². The molecule has 0 amide bonds. The van der Waals surface area contributed by atoms with Crippen molar-refractivity contribution in [1.29, 1.82) is 0 Å². The monoisotopic (exact) mass is 242 g/mol. The van der Waals surface area contributed by atoms with Crippen LogP contribution in [0.25, 0.3) is 0 Å². The van der Waals surface area contributed by atoms with Gasteiger partial charge in [0.1, 0.15) is 0 Å². The average molecular weight is 243 g/mol. The molecule has 0 aromatic heterocycles. The maximum Gasteiger partial charge on any atom is 0.320 e. The van der Waals surface area contributed by atoms with Gasteiger partial charge in [-0.3, -0.25) is 0 Å². The van der Waals surface area contributed by atoms with Crippen molar-refractivity contribution in [3.8, 4) is 0 Å². The summed E-state index contributed by atoms with van der Waals surface area (Å²) in [6.45, 7) is 0. The van der Waals surface area contributed by atoms with Crippen LogP contribution in [0.15, 0.2) is 24.3 Å². The number of rotatable bonds is 1. The van der Waals surface area contributed by atoms with Gasteiger partial charge in [0.25, 0.3) is 4.92 Å². The van der Waals surface area contributed by atoms with Crippen molar-refractivity contribution in [1.82, 2.24) is 0 Å². The van der Waals surface area contributed by atoms with Gasteiger partial charge in [0.05, 0.1) is 4.91 Å². The minimum Gasteiger partial charge on any atom is -0.222 e. The Kier molecular flexibility index (Phi) is 2.31. The van der Waals surface area contributed by atoms with E-state index in [1.54, 1.807) is 6.07 Å². The Bertz CT molecular complexity index is 340. The predicted molar refractivity (Wildman–Crippen MR) is 52.1 cm³/mol. The summed E-state index contributed by atoms with van der Waals surface area (Å²) in [5, 5.41) is 0.681. The fourth-order valence-corrected chi connectivity index (χ4v) is 1.77. The number of halogens is 1. The van der Waals surface area contributed by atoms with Crippen molar-refractivity contribution >= 4 is 21.6 Å². The minimum absolute atomic E-state index is 0.0487. The van der Waals surface area contributed by atoms with E-state index in [4.69, 9.17) is 4.84 Å². The van der Waals surface area contributed by atoms with Crippen molar-refractivity contribution in [2.24, 2.45) is 0 Å². The highest BCUT2D eigenvalue weighted by atomic mass is 79.9. The van der Waals surface area contributed by atoms with Crippen LogP contribution < -0.4 is 0 Å². The van der Waals surface area contributed by atoms with E-state index in [0.29, 0.717) is 15.9 Å². The molecule has 0 fully saturated rings. The van der Waals surface area contributed by atoms with Crippen LogP contribution in [-0.4, -0.2) is 16.4 Å². The van der Waals surface area contributed by atoms with Gasteiger partial charge in [-0.05, 0) is 0 Å². The third-order valence-corrected chi connectivity index (χ3v) is 2.77. The molecular formula is C9H9BrNO2+. The molecule has 68 valence electrons. The molecular weight excluding hydrogens is 234 g/mol. The van der Waals surface area contributed by atoms with E-state index >= 15 is 0 Å². The molecule has 0 radical (unpaired) electrons. The Hall–Kier alpha value is -0.900. The quantitative estimate of drug-likeness (QED) is 0.708. The lowest BCUT2D eigenvalue weighted by atomic mass is 10.1. The van der Waals surface area contributed by atoms with Crippen molar-refractivity contribution in [3.05, 3.63) is 34.7 Å². The fourth-order valence-electron chi connectivity index (χ4n) is 1.42. The number of nitrogens with zero attached hydrogens (tertiary/aromatic N) is 1. The van der Waals surface area contributed by atoms with Gasteiger partial charge in [-0.1, -0.05) is 34.1 Å². The number of hydrogen-bond donors (Lipinski definition) is 0. The van der Waals surface area contributed by atoms with Crippen molar-refractivity contribution in [2.45, 2.75) is 12.5 Å². The van der Waals surface area contributed by atoms with Crippen LogP contribution >= 0.6 is 15.9 Å². The van der Waals surface area contributed by atoms with E-state index in [1.807, 2.05) is 18.2 Å². The third kappa shape index (κ3) is 1.58. The summed E-state index contributed by atoms with van der Waals surface area (Å²) in [5.74, 6) is 0. The van der Waals surface area contributed by atoms with Crippen LogP contribution in [0.3, 0.4) is 0 Å². The first-order valence-electron chi connectivity index (χ1n) is 4.09. The minimum atomic E-state index is -0.0487. The van der Waals surface area contributed by atoms with Gasteiger partial charge < -0.3 is 0 Å². The largest absolute Gasteiger partial charge is 0.320 e. The molecule has 2 rings (SSSR count). The van der Waals surface area contributed by atoms with Gasteiger partial charge in [-0.2, -0.15) is 0 Å². The van der Waals surface area contributed by atoms with Crippen molar-refractivity contribution < 1.29 is 9.76 Å². The number of para-hydroxylation sites is 1. The van der Waals surface area contributed by atoms with E-state index in [0.717, 1.165) is 12.0 Å². The topological polar surface area (TPSA) is 29.3 Å². The molecule has 1 aliphatic heterocycles. The number of benzene rings is 1. The molecule has 0 N–H and O–H groups in total.